The van der Waals surface area contributed by atoms with Crippen LogP contribution in [0.15, 0.2) is 28.3 Å². The van der Waals surface area contributed by atoms with Gasteiger partial charge in [-0.2, -0.15) is 28.1 Å². The van der Waals surface area contributed by atoms with Crippen LogP contribution >= 0.6 is 0 Å². The molecule has 0 atom stereocenters. The number of oxime groups is 1. The number of sulfonamides is 1. The number of non-ortho nitro benzene ring substituents is 1. The predicted octanol–water partition coefficient (Wildman–Crippen LogP) is 2.31. The molecule has 38 heavy (non-hydrogen) atoms. The molecule has 206 valence electrons. The number of urea groups is 1. The maximum Gasteiger partial charge on any atom is 0.417 e. The fourth-order valence-corrected chi connectivity index (χ4v) is 4.04. The van der Waals surface area contributed by atoms with Gasteiger partial charge in [-0.15, -0.1) is 0 Å². The number of aromatic nitrogens is 3. The largest absolute Gasteiger partial charge is 0.417 e. The van der Waals surface area contributed by atoms with Gasteiger partial charge in [-0.3, -0.25) is 15.4 Å². The fraction of sp³-hybridized carbons (Fsp3) is 0.421. The number of carbonyl (C=O) groups is 1. The summed E-state index contributed by atoms with van der Waals surface area (Å²) in [6, 6.07) is -0.882. The van der Waals surface area contributed by atoms with E-state index in [1.807, 2.05) is 12.2 Å². The number of hydrogen-bond acceptors (Lipinski definition) is 12. The van der Waals surface area contributed by atoms with Crippen LogP contribution in [0.1, 0.15) is 25.8 Å². The number of ether oxygens (including phenoxy) is 1. The van der Waals surface area contributed by atoms with Gasteiger partial charge < -0.3 is 14.5 Å². The van der Waals surface area contributed by atoms with Gasteiger partial charge in [-0.25, -0.2) is 17.9 Å². The van der Waals surface area contributed by atoms with E-state index in [0.717, 1.165) is 0 Å². The summed E-state index contributed by atoms with van der Waals surface area (Å²) in [6.45, 7) is 4.96. The van der Waals surface area contributed by atoms with Gasteiger partial charge in [0.15, 0.2) is 0 Å². The Morgan fingerprint density at radius 1 is 1.26 bits per heavy atom. The maximum atomic E-state index is 13.4. The molecule has 1 fully saturated rings. The smallest absolute Gasteiger partial charge is 0.378 e. The van der Waals surface area contributed by atoms with Crippen LogP contribution < -0.4 is 19.8 Å². The number of benzene rings is 1. The molecule has 19 heteroatoms. The van der Waals surface area contributed by atoms with Crippen molar-refractivity contribution in [3.63, 3.8) is 0 Å². The minimum Gasteiger partial charge on any atom is -0.378 e. The van der Waals surface area contributed by atoms with E-state index in [0.29, 0.717) is 50.6 Å². The predicted molar refractivity (Wildman–Crippen MR) is 124 cm³/mol. The minimum atomic E-state index is -5.28. The topological polar surface area (TPSA) is 191 Å². The lowest BCUT2D eigenvalue weighted by Crippen LogP contribution is -2.38. The van der Waals surface area contributed by atoms with Gasteiger partial charge in [0.2, 0.25) is 11.9 Å². The molecule has 0 unspecified atom stereocenters. The first-order valence-electron chi connectivity index (χ1n) is 10.8. The van der Waals surface area contributed by atoms with Crippen LogP contribution in [0.5, 0.6) is 6.01 Å². The molecule has 1 aliphatic heterocycles. The second kappa shape index (κ2) is 11.5. The van der Waals surface area contributed by atoms with Crippen molar-refractivity contribution < 1.29 is 40.9 Å². The normalized spacial score (nSPS) is 14.7. The number of nitrogens with one attached hydrogen (secondary N) is 2. The number of alkyl halides is 3. The molecule has 1 aromatic heterocycles. The molecule has 0 aliphatic carbocycles. The molecular weight excluding hydrogens is 541 g/mol. The molecule has 1 saturated heterocycles. The molecule has 1 aromatic carbocycles. The number of nitro groups is 1. The van der Waals surface area contributed by atoms with Crippen molar-refractivity contribution in [2.75, 3.05) is 36.5 Å². The van der Waals surface area contributed by atoms with Gasteiger partial charge in [-0.1, -0.05) is 12.1 Å². The Bertz CT molecular complexity index is 1350. The Hall–Kier alpha value is -4.13. The number of halogens is 3. The second-order valence-electron chi connectivity index (χ2n) is 7.61. The number of anilines is 2. The van der Waals surface area contributed by atoms with Crippen molar-refractivity contribution in [3.05, 3.63) is 33.9 Å². The highest BCUT2D eigenvalue weighted by Gasteiger charge is 2.39. The van der Waals surface area contributed by atoms with Crippen molar-refractivity contribution in [2.45, 2.75) is 31.3 Å². The third-order valence-corrected chi connectivity index (χ3v) is 6.30. The quantitative estimate of drug-likeness (QED) is 0.273. The first kappa shape index (κ1) is 28.4. The third kappa shape index (κ3) is 7.22. The van der Waals surface area contributed by atoms with Gasteiger partial charge in [0, 0.05) is 25.2 Å². The van der Waals surface area contributed by atoms with E-state index in [-0.39, 0.29) is 18.0 Å². The second-order valence-corrected chi connectivity index (χ2v) is 9.26. The van der Waals surface area contributed by atoms with Crippen molar-refractivity contribution in [1.82, 2.24) is 19.7 Å². The van der Waals surface area contributed by atoms with Crippen LogP contribution in [0.3, 0.4) is 0 Å². The van der Waals surface area contributed by atoms with Crippen LogP contribution in [0.25, 0.3) is 0 Å². The summed E-state index contributed by atoms with van der Waals surface area (Å²) in [5.74, 6) is -0.455. The molecule has 0 spiro atoms. The monoisotopic (exact) mass is 562 g/mol. The van der Waals surface area contributed by atoms with E-state index in [4.69, 9.17) is 9.57 Å². The molecule has 15 nitrogen and oxygen atoms in total. The summed E-state index contributed by atoms with van der Waals surface area (Å²) in [6.07, 6.45) is -4.73. The van der Waals surface area contributed by atoms with E-state index >= 15 is 0 Å². The molecule has 2 aromatic rings. The van der Waals surface area contributed by atoms with Crippen molar-refractivity contribution in [2.24, 2.45) is 5.16 Å². The Labute approximate surface area is 213 Å². The van der Waals surface area contributed by atoms with Crippen molar-refractivity contribution in [3.8, 4) is 6.01 Å². The number of hydrogen-bond donors (Lipinski definition) is 2. The molecule has 2 amide bonds. The summed E-state index contributed by atoms with van der Waals surface area (Å²) >= 11 is 0. The fourth-order valence-electron chi connectivity index (χ4n) is 2.92. The highest BCUT2D eigenvalue weighted by molar-refractivity contribution is 7.90. The van der Waals surface area contributed by atoms with Gasteiger partial charge in [0.25, 0.3) is 15.7 Å². The maximum absolute atomic E-state index is 13.4. The van der Waals surface area contributed by atoms with Crippen LogP contribution in [0.2, 0.25) is 0 Å². The average molecular weight is 562 g/mol. The third-order valence-electron chi connectivity index (χ3n) is 4.91. The highest BCUT2D eigenvalue weighted by Crippen LogP contribution is 2.36. The van der Waals surface area contributed by atoms with Gasteiger partial charge in [0.05, 0.1) is 29.4 Å². The molecular formula is C19H21F3N8O7S. The SMILES string of the molecule is CCC(C)=NOc1nc(NC(=O)NS(=O)(=O)c2ccc([N+](=O)[O-])cc2C(F)(F)F)nc(N2CCOCC2)n1. The van der Waals surface area contributed by atoms with E-state index in [2.05, 4.69) is 20.1 Å². The standard InChI is InChI=1S/C19H21F3N8O7S/c1-3-11(2)27-37-18-25-15(23-16(26-18)29-6-8-36-9-7-29)24-17(31)28-38(34,35)14-5-4-12(30(32)33)10-13(14)19(20,21)22/h4-5,10H,3,6-9H2,1-2H3,(H2,23,24,25,26,28,31). The van der Waals surface area contributed by atoms with E-state index in [9.17, 15) is 36.5 Å². The molecule has 0 radical (unpaired) electrons. The Morgan fingerprint density at radius 2 is 1.95 bits per heavy atom. The lowest BCUT2D eigenvalue weighted by atomic mass is 10.2. The Balaban J connectivity index is 1.89. The molecule has 2 heterocycles. The van der Waals surface area contributed by atoms with Crippen LogP contribution in [-0.4, -0.2) is 66.3 Å². The van der Waals surface area contributed by atoms with Crippen molar-refractivity contribution in [1.29, 1.82) is 0 Å². The zero-order valence-electron chi connectivity index (χ0n) is 19.9. The number of morpholine rings is 1. The Kier molecular flexibility index (Phi) is 8.61. The van der Waals surface area contributed by atoms with E-state index < -0.39 is 49.2 Å². The zero-order chi connectivity index (χ0) is 28.1. The van der Waals surface area contributed by atoms with Crippen LogP contribution in [-0.2, 0) is 20.9 Å². The van der Waals surface area contributed by atoms with Gasteiger partial charge >= 0.3 is 18.2 Å². The summed E-state index contributed by atoms with van der Waals surface area (Å²) in [4.78, 5) is 39.6. The number of rotatable bonds is 8. The number of amides is 2. The molecule has 3 rings (SSSR count). The molecule has 2 N–H and O–H groups in total. The van der Waals surface area contributed by atoms with Gasteiger partial charge in [-0.05, 0) is 19.4 Å². The van der Waals surface area contributed by atoms with Gasteiger partial charge in [0.1, 0.15) is 4.90 Å². The van der Waals surface area contributed by atoms with E-state index in [1.165, 1.54) is 4.72 Å². The average Bonchev–Trinajstić information content (AvgIpc) is 2.86. The summed E-state index contributed by atoms with van der Waals surface area (Å²) < 4.78 is 72.2. The van der Waals surface area contributed by atoms with Crippen LogP contribution in [0.4, 0.5) is 35.5 Å². The zero-order valence-corrected chi connectivity index (χ0v) is 20.7. The van der Waals surface area contributed by atoms with E-state index in [1.54, 1.807) is 11.8 Å². The number of nitro benzene ring substituents is 1. The lowest BCUT2D eigenvalue weighted by Gasteiger charge is -2.26. The first-order valence-corrected chi connectivity index (χ1v) is 12.3. The molecule has 0 saturated carbocycles. The lowest BCUT2D eigenvalue weighted by molar-refractivity contribution is -0.385. The summed E-state index contributed by atoms with van der Waals surface area (Å²) in [5, 5.41) is 16.7. The van der Waals surface area contributed by atoms with Crippen LogP contribution in [0, 0.1) is 10.1 Å². The Morgan fingerprint density at radius 3 is 2.55 bits per heavy atom. The minimum absolute atomic E-state index is 0.0375. The van der Waals surface area contributed by atoms with Crippen molar-refractivity contribution >= 4 is 39.4 Å². The molecule has 1 aliphatic rings. The summed E-state index contributed by atoms with van der Waals surface area (Å²) in [5.41, 5.74) is -2.24. The number of carbonyl (C=O) groups excluding carboxylic acids is 1. The molecule has 0 bridgehead atoms. The number of nitrogens with zero attached hydrogens (tertiary/aromatic N) is 6. The first-order chi connectivity index (χ1) is 17.8. The highest BCUT2D eigenvalue weighted by atomic mass is 32.2. The summed E-state index contributed by atoms with van der Waals surface area (Å²) in [7, 11) is -5.16.